The molecule has 3 rings (SSSR count). The second-order valence-electron chi connectivity index (χ2n) is 5.76. The summed E-state index contributed by atoms with van der Waals surface area (Å²) in [4.78, 5) is 0. The largest absolute Gasteiger partial charge is 0.508 e. The maximum atomic E-state index is 10.4. The van der Waals surface area contributed by atoms with Crippen molar-refractivity contribution in [1.29, 1.82) is 0 Å². The topological polar surface area (TPSA) is 110 Å². The minimum Gasteiger partial charge on any atom is -0.508 e. The number of hydrogen-bond donors (Lipinski definition) is 5. The Bertz CT molecular complexity index is 753. The summed E-state index contributed by atoms with van der Waals surface area (Å²) in [5.41, 5.74) is 1.23. The highest BCUT2D eigenvalue weighted by Crippen LogP contribution is 2.51. The Hall–Kier alpha value is -2.44. The van der Waals surface area contributed by atoms with Gasteiger partial charge in [0, 0.05) is 11.1 Å². The van der Waals surface area contributed by atoms with Crippen LogP contribution in [0.25, 0.3) is 0 Å². The summed E-state index contributed by atoms with van der Waals surface area (Å²) in [5.74, 6) is -0.184. The number of hydrogen-bond acceptors (Lipinski definition) is 6. The Morgan fingerprint density at radius 3 is 2.09 bits per heavy atom. The number of aromatic hydroxyl groups is 3. The van der Waals surface area contributed by atoms with Gasteiger partial charge in [0.15, 0.2) is 6.10 Å². The number of fused-ring (bicyclic) bond motifs is 1. The fourth-order valence-electron chi connectivity index (χ4n) is 2.90. The van der Waals surface area contributed by atoms with Crippen LogP contribution in [0.5, 0.6) is 23.0 Å². The summed E-state index contributed by atoms with van der Waals surface area (Å²) in [6.07, 6.45) is -3.56. The molecule has 0 saturated heterocycles. The molecule has 0 saturated carbocycles. The number of aliphatic hydroxyl groups is 2. The van der Waals surface area contributed by atoms with Crippen molar-refractivity contribution >= 4 is 0 Å². The van der Waals surface area contributed by atoms with Crippen molar-refractivity contribution in [2.45, 2.75) is 32.2 Å². The predicted molar refractivity (Wildman–Crippen MR) is 81.7 cm³/mol. The Balaban J connectivity index is 2.14. The quantitative estimate of drug-likeness (QED) is 0.550. The van der Waals surface area contributed by atoms with Crippen molar-refractivity contribution in [2.75, 3.05) is 0 Å². The van der Waals surface area contributed by atoms with E-state index in [1.165, 1.54) is 19.1 Å². The summed E-state index contributed by atoms with van der Waals surface area (Å²) >= 11 is 0. The predicted octanol–water partition coefficient (Wildman–Crippen LogP) is 1.95. The number of phenols is 3. The molecule has 0 aromatic heterocycles. The van der Waals surface area contributed by atoms with Crippen LogP contribution in [0.2, 0.25) is 0 Å². The van der Waals surface area contributed by atoms with E-state index < -0.39 is 18.3 Å². The van der Waals surface area contributed by atoms with E-state index in [1.54, 1.807) is 19.1 Å². The van der Waals surface area contributed by atoms with Crippen LogP contribution in [-0.4, -0.2) is 31.6 Å². The molecule has 0 spiro atoms. The molecular weight excluding hydrogens is 300 g/mol. The summed E-state index contributed by atoms with van der Waals surface area (Å²) in [7, 11) is 0. The molecule has 5 N–H and O–H groups in total. The lowest BCUT2D eigenvalue weighted by Crippen LogP contribution is -2.34. The maximum absolute atomic E-state index is 10.4. The van der Waals surface area contributed by atoms with Gasteiger partial charge in [0.25, 0.3) is 0 Å². The molecule has 3 atom stereocenters. The van der Waals surface area contributed by atoms with Gasteiger partial charge in [-0.2, -0.15) is 0 Å². The fourth-order valence-corrected chi connectivity index (χ4v) is 2.90. The molecule has 0 amide bonds. The van der Waals surface area contributed by atoms with E-state index in [9.17, 15) is 25.5 Å². The molecule has 122 valence electrons. The highest BCUT2D eigenvalue weighted by molar-refractivity contribution is 5.62. The molecule has 1 heterocycles. The van der Waals surface area contributed by atoms with E-state index in [0.29, 0.717) is 11.1 Å². The van der Waals surface area contributed by atoms with Crippen molar-refractivity contribution in [3.63, 3.8) is 0 Å². The number of rotatable bonds is 1. The molecule has 1 aliphatic heterocycles. The number of aliphatic hydroxyl groups excluding tert-OH is 2. The second kappa shape index (κ2) is 5.33. The first-order chi connectivity index (χ1) is 10.8. The number of phenolic OH excluding ortho intramolecular Hbond substituents is 3. The SMILES string of the molecule is Cc1c(O)c(C)c2c(c1O)C(O)C(O)C(c1ccc(O)cc1)O2. The zero-order valence-corrected chi connectivity index (χ0v) is 12.7. The fraction of sp³-hybridized carbons (Fsp3) is 0.294. The zero-order chi connectivity index (χ0) is 16.9. The molecule has 0 bridgehead atoms. The average Bonchev–Trinajstić information content (AvgIpc) is 2.54. The van der Waals surface area contributed by atoms with Gasteiger partial charge in [-0.3, -0.25) is 0 Å². The Morgan fingerprint density at radius 2 is 1.48 bits per heavy atom. The third kappa shape index (κ3) is 2.27. The molecule has 0 fully saturated rings. The molecule has 0 radical (unpaired) electrons. The Labute approximate surface area is 132 Å². The zero-order valence-electron chi connectivity index (χ0n) is 12.7. The van der Waals surface area contributed by atoms with E-state index in [0.717, 1.165) is 0 Å². The Morgan fingerprint density at radius 1 is 0.870 bits per heavy atom. The van der Waals surface area contributed by atoms with Gasteiger partial charge in [0.05, 0.1) is 5.56 Å². The van der Waals surface area contributed by atoms with Crippen molar-refractivity contribution in [3.8, 4) is 23.0 Å². The van der Waals surface area contributed by atoms with Gasteiger partial charge in [0.2, 0.25) is 0 Å². The third-order valence-corrected chi connectivity index (χ3v) is 4.30. The molecule has 0 aliphatic carbocycles. The molecule has 2 aromatic carbocycles. The molecule has 3 unspecified atom stereocenters. The van der Waals surface area contributed by atoms with Crippen LogP contribution in [0.4, 0.5) is 0 Å². The first kappa shape index (κ1) is 15.5. The minimum atomic E-state index is -1.37. The maximum Gasteiger partial charge on any atom is 0.152 e. The molecule has 6 heteroatoms. The van der Waals surface area contributed by atoms with Gasteiger partial charge in [-0.15, -0.1) is 0 Å². The number of benzene rings is 2. The smallest absolute Gasteiger partial charge is 0.152 e. The van der Waals surface area contributed by atoms with Crippen LogP contribution in [0.1, 0.15) is 34.5 Å². The van der Waals surface area contributed by atoms with Crippen molar-refractivity contribution in [3.05, 3.63) is 46.5 Å². The summed E-state index contributed by atoms with van der Waals surface area (Å²) < 4.78 is 5.78. The molecule has 1 aliphatic rings. The standard InChI is InChI=1S/C17H18O6/c1-7-12(19)8(2)16-11(13(7)20)14(21)15(22)17(23-16)9-3-5-10(18)6-4-9/h3-6,14-15,17-22H,1-2H3. The van der Waals surface area contributed by atoms with Gasteiger partial charge in [-0.05, 0) is 31.5 Å². The third-order valence-electron chi connectivity index (χ3n) is 4.30. The van der Waals surface area contributed by atoms with Gasteiger partial charge in [-0.1, -0.05) is 12.1 Å². The van der Waals surface area contributed by atoms with Crippen LogP contribution >= 0.6 is 0 Å². The van der Waals surface area contributed by atoms with E-state index >= 15 is 0 Å². The van der Waals surface area contributed by atoms with Gasteiger partial charge < -0.3 is 30.3 Å². The second-order valence-corrected chi connectivity index (χ2v) is 5.76. The van der Waals surface area contributed by atoms with Gasteiger partial charge in [-0.25, -0.2) is 0 Å². The van der Waals surface area contributed by atoms with E-state index in [1.807, 2.05) is 0 Å². The van der Waals surface area contributed by atoms with Gasteiger partial charge in [0.1, 0.15) is 35.2 Å². The number of ether oxygens (including phenoxy) is 1. The summed E-state index contributed by atoms with van der Waals surface area (Å²) in [6.45, 7) is 3.13. The van der Waals surface area contributed by atoms with Crippen LogP contribution in [0.3, 0.4) is 0 Å². The monoisotopic (exact) mass is 318 g/mol. The van der Waals surface area contributed by atoms with Crippen molar-refractivity contribution < 1.29 is 30.3 Å². The van der Waals surface area contributed by atoms with Crippen LogP contribution in [0.15, 0.2) is 24.3 Å². The van der Waals surface area contributed by atoms with E-state index in [2.05, 4.69) is 0 Å². The molecular formula is C17H18O6. The first-order valence-corrected chi connectivity index (χ1v) is 7.19. The highest BCUT2D eigenvalue weighted by Gasteiger charge is 2.41. The van der Waals surface area contributed by atoms with E-state index in [4.69, 9.17) is 4.74 Å². The lowest BCUT2D eigenvalue weighted by atomic mass is 9.88. The molecule has 2 aromatic rings. The van der Waals surface area contributed by atoms with Crippen LogP contribution < -0.4 is 4.74 Å². The normalized spacial score (nSPS) is 23.2. The van der Waals surface area contributed by atoms with Gasteiger partial charge >= 0.3 is 0 Å². The lowest BCUT2D eigenvalue weighted by Gasteiger charge is -2.36. The first-order valence-electron chi connectivity index (χ1n) is 7.19. The van der Waals surface area contributed by atoms with Crippen LogP contribution in [-0.2, 0) is 0 Å². The summed E-state index contributed by atoms with van der Waals surface area (Å²) in [6, 6.07) is 6.04. The molecule has 6 nitrogen and oxygen atoms in total. The summed E-state index contributed by atoms with van der Waals surface area (Å²) in [5, 5.41) is 50.4. The Kier molecular flexibility index (Phi) is 3.58. The highest BCUT2D eigenvalue weighted by atomic mass is 16.5. The van der Waals surface area contributed by atoms with Crippen molar-refractivity contribution in [2.24, 2.45) is 0 Å². The lowest BCUT2D eigenvalue weighted by molar-refractivity contribution is -0.0714. The van der Waals surface area contributed by atoms with Crippen LogP contribution in [0, 0.1) is 13.8 Å². The minimum absolute atomic E-state index is 0.0697. The molecule has 23 heavy (non-hydrogen) atoms. The van der Waals surface area contributed by atoms with Crippen molar-refractivity contribution in [1.82, 2.24) is 0 Å². The average molecular weight is 318 g/mol. The van der Waals surface area contributed by atoms with E-state index in [-0.39, 0.29) is 34.1 Å².